The van der Waals surface area contributed by atoms with Crippen LogP contribution in [0.2, 0.25) is 0 Å². The van der Waals surface area contributed by atoms with Gasteiger partial charge in [0, 0.05) is 56.3 Å². The average molecular weight is 397 g/mol. The lowest BCUT2D eigenvalue weighted by Crippen LogP contribution is -2.50. The first-order valence-electron chi connectivity index (χ1n) is 10.5. The predicted octanol–water partition coefficient (Wildman–Crippen LogP) is 4.42. The van der Waals surface area contributed by atoms with Crippen LogP contribution in [0.3, 0.4) is 0 Å². The van der Waals surface area contributed by atoms with Gasteiger partial charge in [0.05, 0.1) is 0 Å². The summed E-state index contributed by atoms with van der Waals surface area (Å²) in [5.74, 6) is 0.482. The number of piperidine rings is 1. The summed E-state index contributed by atoms with van der Waals surface area (Å²) in [6.07, 6.45) is 2.53. The van der Waals surface area contributed by atoms with Crippen LogP contribution in [0.15, 0.2) is 48.5 Å². The highest BCUT2D eigenvalue weighted by atomic mass is 19.1. The largest absolute Gasteiger partial charge is 0.372 e. The number of hydrogen-bond acceptors (Lipinski definition) is 3. The van der Waals surface area contributed by atoms with E-state index in [1.165, 1.54) is 36.3 Å². The number of amides is 2. The molecule has 2 fully saturated rings. The summed E-state index contributed by atoms with van der Waals surface area (Å²) in [5, 5.41) is 2.78. The van der Waals surface area contributed by atoms with Crippen molar-refractivity contribution >= 4 is 23.1 Å². The lowest BCUT2D eigenvalue weighted by atomic mass is 9.99. The number of halogens is 1. The molecule has 1 N–H and O–H groups in total. The van der Waals surface area contributed by atoms with Crippen molar-refractivity contribution in [3.05, 3.63) is 54.3 Å². The highest BCUT2D eigenvalue weighted by Gasteiger charge is 2.22. The molecule has 2 saturated heterocycles. The molecule has 0 atom stereocenters. The summed E-state index contributed by atoms with van der Waals surface area (Å²) in [5.41, 5.74) is 2.98. The van der Waals surface area contributed by atoms with Gasteiger partial charge in [0.1, 0.15) is 5.82 Å². The van der Waals surface area contributed by atoms with Crippen molar-refractivity contribution in [2.45, 2.75) is 19.8 Å². The van der Waals surface area contributed by atoms with E-state index in [2.05, 4.69) is 46.3 Å². The third kappa shape index (κ3) is 4.81. The molecule has 4 rings (SSSR count). The van der Waals surface area contributed by atoms with E-state index in [0.29, 0.717) is 18.8 Å². The van der Waals surface area contributed by atoms with Crippen molar-refractivity contribution in [3.8, 4) is 0 Å². The van der Waals surface area contributed by atoms with Gasteiger partial charge in [-0.05, 0) is 61.2 Å². The molecule has 29 heavy (non-hydrogen) atoms. The number of urea groups is 1. The molecule has 0 saturated carbocycles. The van der Waals surface area contributed by atoms with Gasteiger partial charge in [0.25, 0.3) is 0 Å². The minimum atomic E-state index is -0.352. The van der Waals surface area contributed by atoms with E-state index in [1.54, 1.807) is 17.0 Å². The standard InChI is InChI=1S/C23H29FN4O/c1-18-9-11-26(12-10-18)21-5-7-22(8-6-21)27-13-15-28(16-14-27)23(29)25-20-4-2-3-19(24)17-20/h2-8,17-18H,9-16H2,1H3,(H,25,29). The van der Waals surface area contributed by atoms with Crippen LogP contribution in [0.25, 0.3) is 0 Å². The Morgan fingerprint density at radius 3 is 2.07 bits per heavy atom. The van der Waals surface area contributed by atoms with Gasteiger partial charge >= 0.3 is 6.03 Å². The average Bonchev–Trinajstić information content (AvgIpc) is 2.75. The molecule has 2 amide bonds. The van der Waals surface area contributed by atoms with Gasteiger partial charge in [-0.1, -0.05) is 13.0 Å². The van der Waals surface area contributed by atoms with Crippen LogP contribution in [0.5, 0.6) is 0 Å². The summed E-state index contributed by atoms with van der Waals surface area (Å²) in [6, 6.07) is 14.6. The van der Waals surface area contributed by atoms with Crippen molar-refractivity contribution < 1.29 is 9.18 Å². The van der Waals surface area contributed by atoms with Crippen LogP contribution < -0.4 is 15.1 Å². The maximum atomic E-state index is 13.3. The molecule has 5 nitrogen and oxygen atoms in total. The Labute approximate surface area is 172 Å². The van der Waals surface area contributed by atoms with Gasteiger partial charge < -0.3 is 20.0 Å². The Morgan fingerprint density at radius 1 is 0.897 bits per heavy atom. The second-order valence-corrected chi connectivity index (χ2v) is 8.10. The quantitative estimate of drug-likeness (QED) is 0.835. The Morgan fingerprint density at radius 2 is 1.48 bits per heavy atom. The summed E-state index contributed by atoms with van der Waals surface area (Å²) in [4.78, 5) is 19.0. The van der Waals surface area contributed by atoms with E-state index in [0.717, 1.165) is 32.1 Å². The third-order valence-corrected chi connectivity index (χ3v) is 6.01. The van der Waals surface area contributed by atoms with Gasteiger partial charge in [-0.15, -0.1) is 0 Å². The van der Waals surface area contributed by atoms with Crippen molar-refractivity contribution in [3.63, 3.8) is 0 Å². The first-order chi connectivity index (χ1) is 14.1. The van der Waals surface area contributed by atoms with E-state index >= 15 is 0 Å². The van der Waals surface area contributed by atoms with Crippen molar-refractivity contribution in [1.29, 1.82) is 0 Å². The lowest BCUT2D eigenvalue weighted by Gasteiger charge is -2.36. The number of nitrogens with one attached hydrogen (secondary N) is 1. The molecule has 2 aromatic carbocycles. The SMILES string of the molecule is CC1CCN(c2ccc(N3CCN(C(=O)Nc4cccc(F)c4)CC3)cc2)CC1. The maximum Gasteiger partial charge on any atom is 0.321 e. The van der Waals surface area contributed by atoms with Crippen molar-refractivity contribution in [2.24, 2.45) is 5.92 Å². The minimum absolute atomic E-state index is 0.176. The first kappa shape index (κ1) is 19.6. The smallest absolute Gasteiger partial charge is 0.321 e. The molecule has 0 spiro atoms. The van der Waals surface area contributed by atoms with E-state index < -0.39 is 0 Å². The topological polar surface area (TPSA) is 38.8 Å². The molecule has 2 heterocycles. The summed E-state index contributed by atoms with van der Waals surface area (Å²) < 4.78 is 13.3. The zero-order valence-corrected chi connectivity index (χ0v) is 17.0. The highest BCUT2D eigenvalue weighted by molar-refractivity contribution is 5.89. The van der Waals surface area contributed by atoms with E-state index in [-0.39, 0.29) is 11.8 Å². The van der Waals surface area contributed by atoms with Crippen LogP contribution in [-0.2, 0) is 0 Å². The molecular weight excluding hydrogens is 367 g/mol. The number of anilines is 3. The number of benzene rings is 2. The van der Waals surface area contributed by atoms with E-state index in [1.807, 2.05) is 0 Å². The van der Waals surface area contributed by atoms with E-state index in [9.17, 15) is 9.18 Å². The van der Waals surface area contributed by atoms with E-state index in [4.69, 9.17) is 0 Å². The Balaban J connectivity index is 1.29. The van der Waals surface area contributed by atoms with Crippen molar-refractivity contribution in [1.82, 2.24) is 4.90 Å². The Hall–Kier alpha value is -2.76. The molecule has 2 aliphatic heterocycles. The normalized spacial score (nSPS) is 18.1. The van der Waals surface area contributed by atoms with Crippen LogP contribution in [0.4, 0.5) is 26.2 Å². The molecule has 6 heteroatoms. The first-order valence-corrected chi connectivity index (χ1v) is 10.5. The number of carbonyl (C=O) groups is 1. The molecule has 2 aromatic rings. The molecule has 0 aromatic heterocycles. The van der Waals surface area contributed by atoms with Gasteiger partial charge in [0.15, 0.2) is 0 Å². The van der Waals surface area contributed by atoms with Crippen LogP contribution >= 0.6 is 0 Å². The predicted molar refractivity (Wildman–Crippen MR) is 116 cm³/mol. The third-order valence-electron chi connectivity index (χ3n) is 6.01. The van der Waals surface area contributed by atoms with Gasteiger partial charge in [-0.3, -0.25) is 0 Å². The number of rotatable bonds is 3. The number of nitrogens with zero attached hydrogens (tertiary/aromatic N) is 3. The summed E-state index contributed by atoms with van der Waals surface area (Å²) >= 11 is 0. The second-order valence-electron chi connectivity index (χ2n) is 8.10. The molecular formula is C23H29FN4O. The van der Waals surface area contributed by atoms with Crippen LogP contribution in [0.1, 0.15) is 19.8 Å². The fraction of sp³-hybridized carbons (Fsp3) is 0.435. The summed E-state index contributed by atoms with van der Waals surface area (Å²) in [6.45, 7) is 7.48. The monoisotopic (exact) mass is 396 g/mol. The Kier molecular flexibility index (Phi) is 5.88. The highest BCUT2D eigenvalue weighted by Crippen LogP contribution is 2.26. The van der Waals surface area contributed by atoms with Crippen molar-refractivity contribution in [2.75, 3.05) is 54.4 Å². The molecule has 0 aliphatic carbocycles. The fourth-order valence-electron chi connectivity index (χ4n) is 4.08. The lowest BCUT2D eigenvalue weighted by molar-refractivity contribution is 0.208. The van der Waals surface area contributed by atoms with Gasteiger partial charge in [-0.25, -0.2) is 9.18 Å². The molecule has 0 unspecified atom stereocenters. The molecule has 0 bridgehead atoms. The summed E-state index contributed by atoms with van der Waals surface area (Å²) in [7, 11) is 0. The number of piperazine rings is 1. The molecule has 2 aliphatic rings. The zero-order chi connectivity index (χ0) is 20.2. The minimum Gasteiger partial charge on any atom is -0.372 e. The van der Waals surface area contributed by atoms with Gasteiger partial charge in [0.2, 0.25) is 0 Å². The maximum absolute atomic E-state index is 13.3. The van der Waals surface area contributed by atoms with Gasteiger partial charge in [-0.2, -0.15) is 0 Å². The second kappa shape index (κ2) is 8.72. The number of hydrogen-bond donors (Lipinski definition) is 1. The van der Waals surface area contributed by atoms with Crippen LogP contribution in [-0.4, -0.2) is 50.2 Å². The fourth-order valence-corrected chi connectivity index (χ4v) is 4.08. The Bertz CT molecular complexity index is 825. The zero-order valence-electron chi connectivity index (χ0n) is 17.0. The molecule has 0 radical (unpaired) electrons. The van der Waals surface area contributed by atoms with Crippen LogP contribution in [0, 0.1) is 11.7 Å². The number of carbonyl (C=O) groups excluding carboxylic acids is 1. The molecule has 154 valence electrons.